The molecule has 0 saturated heterocycles. The van der Waals surface area contributed by atoms with Crippen LogP contribution in [0, 0.1) is 5.82 Å². The minimum atomic E-state index is -0.276. The Kier molecular flexibility index (Phi) is 5.14. The van der Waals surface area contributed by atoms with Crippen LogP contribution in [0.1, 0.15) is 18.9 Å². The number of hydrogen-bond donors (Lipinski definition) is 0. The average molecular weight is 377 g/mol. The molecule has 0 unspecified atom stereocenters. The molecule has 0 radical (unpaired) electrons. The van der Waals surface area contributed by atoms with E-state index >= 15 is 0 Å². The summed E-state index contributed by atoms with van der Waals surface area (Å²) in [5.41, 5.74) is 3.58. The second kappa shape index (κ2) is 8.04. The summed E-state index contributed by atoms with van der Waals surface area (Å²) in [5, 5.41) is 8.93. The summed E-state index contributed by atoms with van der Waals surface area (Å²) < 4.78 is 22.4. The van der Waals surface area contributed by atoms with E-state index in [9.17, 15) is 4.39 Å². The molecule has 0 saturated carbocycles. The third kappa shape index (κ3) is 3.93. The number of aromatic nitrogens is 5. The van der Waals surface area contributed by atoms with Crippen LogP contribution in [0.3, 0.4) is 0 Å². The third-order valence-electron chi connectivity index (χ3n) is 4.28. The summed E-state index contributed by atoms with van der Waals surface area (Å²) in [7, 11) is 0. The van der Waals surface area contributed by atoms with E-state index in [0.717, 1.165) is 34.7 Å². The quantitative estimate of drug-likeness (QED) is 0.486. The summed E-state index contributed by atoms with van der Waals surface area (Å²) in [6, 6.07) is 14.1. The van der Waals surface area contributed by atoms with Gasteiger partial charge in [0.15, 0.2) is 0 Å². The fraction of sp³-hybridized carbons (Fsp3) is 0.190. The van der Waals surface area contributed by atoms with Crippen LogP contribution < -0.4 is 4.74 Å². The minimum Gasteiger partial charge on any atom is -0.494 e. The highest BCUT2D eigenvalue weighted by molar-refractivity contribution is 5.64. The first-order valence-electron chi connectivity index (χ1n) is 9.13. The summed E-state index contributed by atoms with van der Waals surface area (Å²) in [6.07, 6.45) is 6.07. The lowest BCUT2D eigenvalue weighted by molar-refractivity contribution is 0.317. The molecular formula is C21H20FN5O. The molecule has 142 valence electrons. The van der Waals surface area contributed by atoms with Gasteiger partial charge in [0.25, 0.3) is 0 Å². The maximum Gasteiger partial charge on any atom is 0.137 e. The topological polar surface area (TPSA) is 57.8 Å². The Balaban J connectivity index is 1.70. The number of halogens is 1. The first-order chi connectivity index (χ1) is 13.7. The third-order valence-corrected chi connectivity index (χ3v) is 4.28. The zero-order valence-electron chi connectivity index (χ0n) is 15.5. The zero-order valence-corrected chi connectivity index (χ0v) is 15.5. The van der Waals surface area contributed by atoms with Crippen molar-refractivity contribution in [2.75, 3.05) is 6.61 Å². The number of rotatable bonds is 7. The standard InChI is InChI=1S/C21H20FN5O/c1-2-11-28-20-9-3-16(4-10-20)21-17(12-26-15-23-14-24-26)13-27(25-21)19-7-5-18(22)6-8-19/h3-10,13-15H,2,11-12H2,1H3. The van der Waals surface area contributed by atoms with Crippen molar-refractivity contribution in [2.24, 2.45) is 0 Å². The van der Waals surface area contributed by atoms with Crippen LogP contribution >= 0.6 is 0 Å². The molecule has 4 aromatic rings. The second-order valence-corrected chi connectivity index (χ2v) is 6.39. The molecule has 4 rings (SSSR count). The van der Waals surface area contributed by atoms with Crippen molar-refractivity contribution in [2.45, 2.75) is 19.9 Å². The molecule has 2 heterocycles. The Bertz CT molecular complexity index is 1020. The highest BCUT2D eigenvalue weighted by Crippen LogP contribution is 2.26. The molecule has 6 nitrogen and oxygen atoms in total. The molecule has 2 aromatic carbocycles. The van der Waals surface area contributed by atoms with E-state index in [4.69, 9.17) is 9.84 Å². The predicted octanol–water partition coefficient (Wildman–Crippen LogP) is 4.11. The van der Waals surface area contributed by atoms with Crippen LogP contribution in [0.2, 0.25) is 0 Å². The van der Waals surface area contributed by atoms with E-state index in [0.29, 0.717) is 13.2 Å². The van der Waals surface area contributed by atoms with Crippen molar-refractivity contribution in [3.8, 4) is 22.7 Å². The lowest BCUT2D eigenvalue weighted by Gasteiger charge is -2.06. The van der Waals surface area contributed by atoms with Crippen molar-refractivity contribution in [1.29, 1.82) is 0 Å². The maximum atomic E-state index is 13.3. The summed E-state index contributed by atoms with van der Waals surface area (Å²) in [5.74, 6) is 0.558. The Morgan fingerprint density at radius 3 is 2.50 bits per heavy atom. The molecule has 7 heteroatoms. The SMILES string of the molecule is CCCOc1ccc(-c2nn(-c3ccc(F)cc3)cc2Cn2cncn2)cc1. The lowest BCUT2D eigenvalue weighted by atomic mass is 10.1. The van der Waals surface area contributed by atoms with E-state index in [1.807, 2.05) is 30.5 Å². The lowest BCUT2D eigenvalue weighted by Crippen LogP contribution is -2.00. The first kappa shape index (κ1) is 17.9. The molecule has 0 aliphatic rings. The Hall–Kier alpha value is -3.48. The van der Waals surface area contributed by atoms with Crippen molar-refractivity contribution < 1.29 is 9.13 Å². The number of nitrogens with zero attached hydrogens (tertiary/aromatic N) is 5. The zero-order chi connectivity index (χ0) is 19.3. The van der Waals surface area contributed by atoms with Crippen molar-refractivity contribution >= 4 is 0 Å². The molecule has 28 heavy (non-hydrogen) atoms. The molecule has 2 aromatic heterocycles. The minimum absolute atomic E-state index is 0.276. The predicted molar refractivity (Wildman–Crippen MR) is 104 cm³/mol. The van der Waals surface area contributed by atoms with E-state index in [1.54, 1.807) is 27.8 Å². The van der Waals surface area contributed by atoms with Gasteiger partial charge in [0.1, 0.15) is 24.2 Å². The molecule has 0 spiro atoms. The van der Waals surface area contributed by atoms with Crippen molar-refractivity contribution in [3.05, 3.63) is 78.8 Å². The van der Waals surface area contributed by atoms with Gasteiger partial charge < -0.3 is 4.74 Å². The molecule has 0 bridgehead atoms. The highest BCUT2D eigenvalue weighted by atomic mass is 19.1. The number of benzene rings is 2. The second-order valence-electron chi connectivity index (χ2n) is 6.39. The van der Waals surface area contributed by atoms with Crippen molar-refractivity contribution in [1.82, 2.24) is 24.5 Å². The number of hydrogen-bond acceptors (Lipinski definition) is 4. The van der Waals surface area contributed by atoms with Crippen LogP contribution in [0.25, 0.3) is 16.9 Å². The van der Waals surface area contributed by atoms with Gasteiger partial charge in [-0.05, 0) is 55.0 Å². The fourth-order valence-electron chi connectivity index (χ4n) is 2.91. The largest absolute Gasteiger partial charge is 0.494 e. The fourth-order valence-corrected chi connectivity index (χ4v) is 2.91. The molecule has 0 atom stereocenters. The molecular weight excluding hydrogens is 357 g/mol. The highest BCUT2D eigenvalue weighted by Gasteiger charge is 2.14. The van der Waals surface area contributed by atoms with Gasteiger partial charge >= 0.3 is 0 Å². The van der Waals surface area contributed by atoms with Gasteiger partial charge in [-0.15, -0.1) is 0 Å². The van der Waals surface area contributed by atoms with Crippen LogP contribution in [0.5, 0.6) is 5.75 Å². The van der Waals surface area contributed by atoms with Gasteiger partial charge in [-0.25, -0.2) is 18.7 Å². The van der Waals surface area contributed by atoms with E-state index in [1.165, 1.54) is 18.5 Å². The molecule has 0 amide bonds. The summed E-state index contributed by atoms with van der Waals surface area (Å²) >= 11 is 0. The smallest absolute Gasteiger partial charge is 0.137 e. The summed E-state index contributed by atoms with van der Waals surface area (Å²) in [6.45, 7) is 3.30. The average Bonchev–Trinajstić information content (AvgIpc) is 3.38. The Morgan fingerprint density at radius 2 is 1.82 bits per heavy atom. The summed E-state index contributed by atoms with van der Waals surface area (Å²) in [4.78, 5) is 4.00. The van der Waals surface area contributed by atoms with Crippen LogP contribution in [-0.2, 0) is 6.54 Å². The first-order valence-corrected chi connectivity index (χ1v) is 9.13. The normalized spacial score (nSPS) is 10.9. The van der Waals surface area contributed by atoms with Crippen LogP contribution in [-0.4, -0.2) is 31.2 Å². The van der Waals surface area contributed by atoms with E-state index in [2.05, 4.69) is 17.0 Å². The van der Waals surface area contributed by atoms with Gasteiger partial charge in [-0.2, -0.15) is 10.2 Å². The van der Waals surface area contributed by atoms with E-state index in [-0.39, 0.29) is 5.82 Å². The molecule has 0 aliphatic heterocycles. The van der Waals surface area contributed by atoms with Gasteiger partial charge in [0.05, 0.1) is 24.5 Å². The molecule has 0 fully saturated rings. The van der Waals surface area contributed by atoms with Gasteiger partial charge in [0, 0.05) is 17.3 Å². The van der Waals surface area contributed by atoms with Gasteiger partial charge in [-0.3, -0.25) is 0 Å². The van der Waals surface area contributed by atoms with Crippen molar-refractivity contribution in [3.63, 3.8) is 0 Å². The Labute approximate surface area is 162 Å². The van der Waals surface area contributed by atoms with Gasteiger partial charge in [-0.1, -0.05) is 6.92 Å². The monoisotopic (exact) mass is 377 g/mol. The molecule has 0 N–H and O–H groups in total. The van der Waals surface area contributed by atoms with Crippen LogP contribution in [0.15, 0.2) is 67.4 Å². The molecule has 0 aliphatic carbocycles. The van der Waals surface area contributed by atoms with Gasteiger partial charge in [0.2, 0.25) is 0 Å². The van der Waals surface area contributed by atoms with E-state index < -0.39 is 0 Å². The number of ether oxygens (including phenoxy) is 1. The Morgan fingerprint density at radius 1 is 1.04 bits per heavy atom. The van der Waals surface area contributed by atoms with Crippen LogP contribution in [0.4, 0.5) is 4.39 Å². The maximum absolute atomic E-state index is 13.3.